The number of rotatable bonds is 6. The topological polar surface area (TPSA) is 126 Å². The van der Waals surface area contributed by atoms with Crippen molar-refractivity contribution in [3.63, 3.8) is 0 Å². The van der Waals surface area contributed by atoms with Crippen molar-refractivity contribution in [2.45, 2.75) is 34.7 Å². The molecule has 3 heterocycles. The van der Waals surface area contributed by atoms with Crippen LogP contribution in [-0.2, 0) is 9.47 Å². The summed E-state index contributed by atoms with van der Waals surface area (Å²) in [6, 6.07) is 6.75. The van der Waals surface area contributed by atoms with Gasteiger partial charge >= 0.3 is 0 Å². The molecule has 1 aromatic carbocycles. The maximum atomic E-state index is 10.9. The van der Waals surface area contributed by atoms with Gasteiger partial charge in [0.15, 0.2) is 0 Å². The molecule has 4 rings (SSSR count). The molecular weight excluding hydrogens is 542 g/mol. The largest absolute Gasteiger partial charge is 0.394 e. The number of thioether (sulfide) groups is 1. The van der Waals surface area contributed by atoms with Gasteiger partial charge in [-0.1, -0.05) is 44.5 Å². The van der Waals surface area contributed by atoms with Crippen LogP contribution in [-0.4, -0.2) is 67.7 Å². The first-order chi connectivity index (χ1) is 15.4. The van der Waals surface area contributed by atoms with Gasteiger partial charge in [0.25, 0.3) is 0 Å². The van der Waals surface area contributed by atoms with Gasteiger partial charge in [-0.2, -0.15) is 5.26 Å². The molecule has 9 nitrogen and oxygen atoms in total. The second-order valence-corrected chi connectivity index (χ2v) is 10.1. The molecule has 2 N–H and O–H groups in total. The van der Waals surface area contributed by atoms with Crippen LogP contribution in [0.3, 0.4) is 0 Å². The summed E-state index contributed by atoms with van der Waals surface area (Å²) in [7, 11) is 1.51. The van der Waals surface area contributed by atoms with Gasteiger partial charge in [0.2, 0.25) is 0 Å². The van der Waals surface area contributed by atoms with Gasteiger partial charge in [-0.05, 0) is 18.2 Å². The molecule has 0 radical (unpaired) electrons. The standard InChI is InChI=1S/C19H17BrClN5O4S2/c1-29-17-15(26-6-11(24-25-26)18-23-14(21)8-31-18)16(28)12(7-27)30-19(17)32-13-4-10(20)3-2-9(13)5-22/h2-4,6,8,12,15-17,19,27-28H,7H2,1H3/t12-,15+,16+,17-,19-/m1/s1. The van der Waals surface area contributed by atoms with Gasteiger partial charge in [-0.25, -0.2) is 9.67 Å². The lowest BCUT2D eigenvalue weighted by Crippen LogP contribution is -2.55. The third kappa shape index (κ3) is 4.71. The number of benzene rings is 1. The highest BCUT2D eigenvalue weighted by atomic mass is 79.9. The van der Waals surface area contributed by atoms with Crippen LogP contribution in [0, 0.1) is 11.3 Å². The Kier molecular flexibility index (Phi) is 7.48. The molecule has 0 aliphatic carbocycles. The van der Waals surface area contributed by atoms with Crippen LogP contribution in [0.15, 0.2) is 39.1 Å². The summed E-state index contributed by atoms with van der Waals surface area (Å²) in [6.07, 6.45) is -1.02. The molecule has 0 spiro atoms. The molecule has 5 atom stereocenters. The van der Waals surface area contributed by atoms with Crippen LogP contribution >= 0.6 is 50.6 Å². The zero-order valence-electron chi connectivity index (χ0n) is 16.5. The number of halogens is 2. The van der Waals surface area contributed by atoms with Crippen molar-refractivity contribution >= 4 is 50.6 Å². The number of aliphatic hydroxyl groups excluding tert-OH is 2. The zero-order valence-corrected chi connectivity index (χ0v) is 20.5. The summed E-state index contributed by atoms with van der Waals surface area (Å²) >= 11 is 11.9. The Bertz CT molecular complexity index is 1140. The predicted octanol–water partition coefficient (Wildman–Crippen LogP) is 3.12. The van der Waals surface area contributed by atoms with Crippen LogP contribution in [0.5, 0.6) is 0 Å². The highest BCUT2D eigenvalue weighted by molar-refractivity contribution is 9.10. The monoisotopic (exact) mass is 557 g/mol. The Hall–Kier alpha value is -1.56. The maximum absolute atomic E-state index is 10.9. The number of aliphatic hydroxyl groups is 2. The van der Waals surface area contributed by atoms with E-state index >= 15 is 0 Å². The Morgan fingerprint density at radius 1 is 1.47 bits per heavy atom. The van der Waals surface area contributed by atoms with Gasteiger partial charge in [-0.15, -0.1) is 16.4 Å². The van der Waals surface area contributed by atoms with Crippen molar-refractivity contribution in [3.05, 3.63) is 45.0 Å². The number of thiazole rings is 1. The second kappa shape index (κ2) is 10.1. The van der Waals surface area contributed by atoms with Crippen molar-refractivity contribution in [3.8, 4) is 16.8 Å². The minimum atomic E-state index is -1.12. The number of nitrogens with zero attached hydrogens (tertiary/aromatic N) is 5. The first-order valence-corrected chi connectivity index (χ1v) is 12.2. The van der Waals surface area contributed by atoms with Crippen LogP contribution in [0.1, 0.15) is 11.6 Å². The van der Waals surface area contributed by atoms with E-state index in [0.717, 1.165) is 4.47 Å². The molecule has 0 unspecified atom stereocenters. The van der Waals surface area contributed by atoms with E-state index in [1.807, 2.05) is 6.07 Å². The summed E-state index contributed by atoms with van der Waals surface area (Å²) in [6.45, 7) is -0.404. The molecule has 0 bridgehead atoms. The molecule has 1 aliphatic heterocycles. The van der Waals surface area contributed by atoms with E-state index in [-0.39, 0.29) is 0 Å². The molecule has 1 fully saturated rings. The molecule has 1 aliphatic rings. The fourth-order valence-corrected chi connectivity index (χ4v) is 6.11. The van der Waals surface area contributed by atoms with Crippen LogP contribution < -0.4 is 0 Å². The first kappa shape index (κ1) is 23.6. The van der Waals surface area contributed by atoms with Gasteiger partial charge < -0.3 is 19.7 Å². The van der Waals surface area contributed by atoms with Crippen molar-refractivity contribution in [2.75, 3.05) is 13.7 Å². The Labute approximate surface area is 205 Å². The lowest BCUT2D eigenvalue weighted by molar-refractivity contribution is -0.186. The fraction of sp³-hybridized carbons (Fsp3) is 0.368. The van der Waals surface area contributed by atoms with E-state index in [1.54, 1.807) is 23.7 Å². The van der Waals surface area contributed by atoms with Crippen LogP contribution in [0.25, 0.3) is 10.7 Å². The molecule has 32 heavy (non-hydrogen) atoms. The van der Waals surface area contributed by atoms with Gasteiger partial charge in [0.1, 0.15) is 51.7 Å². The molecule has 1 saturated heterocycles. The lowest BCUT2D eigenvalue weighted by atomic mass is 9.97. The molecule has 0 amide bonds. The van der Waals surface area contributed by atoms with E-state index in [9.17, 15) is 15.5 Å². The number of aromatic nitrogens is 4. The first-order valence-electron chi connectivity index (χ1n) is 9.32. The fourth-order valence-electron chi connectivity index (χ4n) is 3.41. The van der Waals surface area contributed by atoms with E-state index in [4.69, 9.17) is 21.1 Å². The maximum Gasteiger partial charge on any atom is 0.147 e. The SMILES string of the molecule is CO[C@@H]1[C@@H](n2cc(-c3nc(Cl)cs3)nn2)[C@@H](O)[C@@H](CO)O[C@@H]1Sc1cc(Br)ccc1C#N. The number of methoxy groups -OCH3 is 1. The number of hydrogen-bond acceptors (Lipinski definition) is 10. The zero-order chi connectivity index (χ0) is 22.8. The Morgan fingerprint density at radius 3 is 2.94 bits per heavy atom. The Balaban J connectivity index is 1.68. The highest BCUT2D eigenvalue weighted by Gasteiger charge is 2.47. The second-order valence-electron chi connectivity index (χ2n) is 6.84. The average Bonchev–Trinajstić information content (AvgIpc) is 3.43. The van der Waals surface area contributed by atoms with Crippen LogP contribution in [0.2, 0.25) is 5.15 Å². The van der Waals surface area contributed by atoms with Crippen molar-refractivity contribution in [1.82, 2.24) is 20.0 Å². The smallest absolute Gasteiger partial charge is 0.147 e. The number of ether oxygens (including phenoxy) is 2. The van der Waals surface area contributed by atoms with Crippen molar-refractivity contribution in [2.24, 2.45) is 0 Å². The summed E-state index contributed by atoms with van der Waals surface area (Å²) in [5.74, 6) is 0. The van der Waals surface area contributed by atoms with Crippen LogP contribution in [0.4, 0.5) is 0 Å². The van der Waals surface area contributed by atoms with Gasteiger partial charge in [0, 0.05) is 21.9 Å². The molecular formula is C19H17BrClN5O4S2. The minimum absolute atomic E-state index is 0.361. The molecule has 3 aromatic rings. The molecule has 13 heteroatoms. The third-order valence-corrected chi connectivity index (χ3v) is 7.80. The Morgan fingerprint density at radius 2 is 2.28 bits per heavy atom. The summed E-state index contributed by atoms with van der Waals surface area (Å²) in [5, 5.41) is 41.2. The third-order valence-electron chi connectivity index (χ3n) is 4.91. The van der Waals surface area contributed by atoms with Crippen molar-refractivity contribution < 1.29 is 19.7 Å². The normalized spacial score (nSPS) is 25.6. The molecule has 0 saturated carbocycles. The number of nitriles is 1. The summed E-state index contributed by atoms with van der Waals surface area (Å²) in [5.41, 5.74) is 0.330. The molecule has 2 aromatic heterocycles. The lowest BCUT2D eigenvalue weighted by Gasteiger charge is -2.43. The van der Waals surface area contributed by atoms with E-state index in [0.29, 0.717) is 26.3 Å². The van der Waals surface area contributed by atoms with E-state index < -0.39 is 36.4 Å². The minimum Gasteiger partial charge on any atom is -0.394 e. The summed E-state index contributed by atoms with van der Waals surface area (Å²) < 4.78 is 14.0. The highest BCUT2D eigenvalue weighted by Crippen LogP contribution is 2.41. The number of hydrogen-bond donors (Lipinski definition) is 2. The van der Waals surface area contributed by atoms with Crippen molar-refractivity contribution in [1.29, 1.82) is 5.26 Å². The molecule has 168 valence electrons. The predicted molar refractivity (Wildman–Crippen MR) is 122 cm³/mol. The van der Waals surface area contributed by atoms with Gasteiger partial charge in [-0.3, -0.25) is 0 Å². The van der Waals surface area contributed by atoms with Gasteiger partial charge in [0.05, 0.1) is 18.4 Å². The quantitative estimate of drug-likeness (QED) is 0.469. The average molecular weight is 559 g/mol. The van der Waals surface area contributed by atoms with E-state index in [2.05, 4.69) is 37.3 Å². The van der Waals surface area contributed by atoms with E-state index in [1.165, 1.54) is 34.9 Å². The summed E-state index contributed by atoms with van der Waals surface area (Å²) in [4.78, 5) is 4.88.